The molecule has 0 spiro atoms. The Morgan fingerprint density at radius 2 is 2.24 bits per heavy atom. The number of rotatable bonds is 5. The Hall–Kier alpha value is -0.960. The normalized spacial score (nSPS) is 24.6. The molecule has 1 aliphatic rings. The van der Waals surface area contributed by atoms with Gasteiger partial charge in [0, 0.05) is 30.7 Å². The summed E-state index contributed by atoms with van der Waals surface area (Å²) < 4.78 is 32.7. The summed E-state index contributed by atoms with van der Waals surface area (Å²) >= 11 is 0. The van der Waals surface area contributed by atoms with Gasteiger partial charge in [-0.2, -0.15) is 9.40 Å². The van der Waals surface area contributed by atoms with Gasteiger partial charge >= 0.3 is 0 Å². The molecule has 2 unspecified atom stereocenters. The number of aromatic amines is 1. The van der Waals surface area contributed by atoms with Crippen LogP contribution in [-0.2, 0) is 21.3 Å². The maximum absolute atomic E-state index is 12.8. The second kappa shape index (κ2) is 6.43. The molecule has 1 saturated heterocycles. The highest BCUT2D eigenvalue weighted by molar-refractivity contribution is 7.89. The molecule has 2 atom stereocenters. The maximum Gasteiger partial charge on any atom is 0.260 e. The Labute approximate surface area is 126 Å². The van der Waals surface area contributed by atoms with Crippen molar-refractivity contribution in [3.8, 4) is 0 Å². The second-order valence-electron chi connectivity index (χ2n) is 5.83. The molecule has 1 aromatic heterocycles. The van der Waals surface area contributed by atoms with Crippen LogP contribution in [0.2, 0.25) is 0 Å². The number of morpholine rings is 1. The van der Waals surface area contributed by atoms with Crippen molar-refractivity contribution in [1.29, 1.82) is 0 Å². The fourth-order valence-corrected chi connectivity index (χ4v) is 4.09. The van der Waals surface area contributed by atoms with E-state index in [9.17, 15) is 8.42 Å². The summed E-state index contributed by atoms with van der Waals surface area (Å²) in [4.78, 5) is 0. The molecular formula is C13H24N4O3S. The van der Waals surface area contributed by atoms with E-state index in [0.717, 1.165) is 0 Å². The SMILES string of the molecule is CC(C)NCc1cn[nH]c1S(=O)(=O)N1CC(C)OCC1C. The molecule has 2 heterocycles. The van der Waals surface area contributed by atoms with Crippen LogP contribution in [-0.4, -0.2) is 54.3 Å². The highest BCUT2D eigenvalue weighted by Gasteiger charge is 2.36. The third-order valence-electron chi connectivity index (χ3n) is 3.50. The molecule has 7 nitrogen and oxygen atoms in total. The molecule has 1 aromatic rings. The predicted molar refractivity (Wildman–Crippen MR) is 79.3 cm³/mol. The van der Waals surface area contributed by atoms with Crippen LogP contribution in [0.4, 0.5) is 0 Å². The van der Waals surface area contributed by atoms with Gasteiger partial charge < -0.3 is 10.1 Å². The molecule has 120 valence electrons. The first-order chi connectivity index (χ1) is 9.82. The molecule has 0 radical (unpaired) electrons. The van der Waals surface area contributed by atoms with Gasteiger partial charge in [-0.3, -0.25) is 5.10 Å². The lowest BCUT2D eigenvalue weighted by molar-refractivity contribution is -0.0171. The number of nitrogens with zero attached hydrogens (tertiary/aromatic N) is 2. The van der Waals surface area contributed by atoms with Crippen molar-refractivity contribution >= 4 is 10.0 Å². The summed E-state index contributed by atoms with van der Waals surface area (Å²) in [6.07, 6.45) is 1.47. The van der Waals surface area contributed by atoms with Gasteiger partial charge in [-0.15, -0.1) is 0 Å². The number of ether oxygens (including phenoxy) is 1. The summed E-state index contributed by atoms with van der Waals surface area (Å²) in [5.41, 5.74) is 0.662. The van der Waals surface area contributed by atoms with Gasteiger partial charge in [-0.25, -0.2) is 8.42 Å². The summed E-state index contributed by atoms with van der Waals surface area (Å²) in [6.45, 7) is 9.00. The average Bonchev–Trinajstić information content (AvgIpc) is 2.88. The molecule has 0 bridgehead atoms. The third kappa shape index (κ3) is 3.63. The van der Waals surface area contributed by atoms with Crippen LogP contribution in [0.1, 0.15) is 33.3 Å². The standard InChI is InChI=1S/C13H24N4O3S/c1-9(2)14-5-12-6-15-16-13(12)21(18,19)17-7-11(4)20-8-10(17)3/h6,9-11,14H,5,7-8H2,1-4H3,(H,15,16). The summed E-state index contributed by atoms with van der Waals surface area (Å²) in [5.74, 6) is 0. The molecule has 1 aliphatic heterocycles. The Kier molecular flexibility index (Phi) is 5.03. The monoisotopic (exact) mass is 316 g/mol. The highest BCUT2D eigenvalue weighted by atomic mass is 32.2. The van der Waals surface area contributed by atoms with Crippen molar-refractivity contribution in [2.24, 2.45) is 0 Å². The zero-order chi connectivity index (χ0) is 15.6. The summed E-state index contributed by atoms with van der Waals surface area (Å²) in [7, 11) is -3.58. The van der Waals surface area contributed by atoms with E-state index in [1.54, 1.807) is 6.20 Å². The predicted octanol–water partition coefficient (Wildman–Crippen LogP) is 0.706. The van der Waals surface area contributed by atoms with Crippen molar-refractivity contribution in [3.63, 3.8) is 0 Å². The Bertz CT molecular complexity index is 570. The van der Waals surface area contributed by atoms with Crippen LogP contribution < -0.4 is 5.32 Å². The molecule has 0 aromatic carbocycles. The van der Waals surface area contributed by atoms with Gasteiger partial charge in [-0.1, -0.05) is 13.8 Å². The number of hydrogen-bond acceptors (Lipinski definition) is 5. The fraction of sp³-hybridized carbons (Fsp3) is 0.769. The Balaban J connectivity index is 2.25. The quantitative estimate of drug-likeness (QED) is 0.835. The molecule has 2 N–H and O–H groups in total. The molecular weight excluding hydrogens is 292 g/mol. The van der Waals surface area contributed by atoms with Crippen LogP contribution >= 0.6 is 0 Å². The van der Waals surface area contributed by atoms with Crippen LogP contribution in [0.25, 0.3) is 0 Å². The van der Waals surface area contributed by atoms with Crippen LogP contribution in [0, 0.1) is 0 Å². The maximum atomic E-state index is 12.8. The smallest absolute Gasteiger partial charge is 0.260 e. The summed E-state index contributed by atoms with van der Waals surface area (Å²) in [5, 5.41) is 9.94. The van der Waals surface area contributed by atoms with Gasteiger partial charge in [0.1, 0.15) is 0 Å². The first kappa shape index (κ1) is 16.4. The van der Waals surface area contributed by atoms with Crippen molar-refractivity contribution < 1.29 is 13.2 Å². The van der Waals surface area contributed by atoms with Gasteiger partial charge in [-0.05, 0) is 13.8 Å². The largest absolute Gasteiger partial charge is 0.375 e. The molecule has 8 heteroatoms. The lowest BCUT2D eigenvalue weighted by Crippen LogP contribution is -2.50. The Morgan fingerprint density at radius 1 is 1.52 bits per heavy atom. The van der Waals surface area contributed by atoms with E-state index in [1.807, 2.05) is 27.7 Å². The zero-order valence-corrected chi connectivity index (χ0v) is 13.8. The number of nitrogens with one attached hydrogen (secondary N) is 2. The van der Waals surface area contributed by atoms with Crippen molar-refractivity contribution in [1.82, 2.24) is 19.8 Å². The van der Waals surface area contributed by atoms with Crippen LogP contribution in [0.3, 0.4) is 0 Å². The van der Waals surface area contributed by atoms with Gasteiger partial charge in [0.2, 0.25) is 0 Å². The minimum atomic E-state index is -3.58. The molecule has 21 heavy (non-hydrogen) atoms. The van der Waals surface area contributed by atoms with E-state index in [1.165, 1.54) is 4.31 Å². The van der Waals surface area contributed by atoms with E-state index in [2.05, 4.69) is 15.5 Å². The number of hydrogen-bond donors (Lipinski definition) is 2. The second-order valence-corrected chi connectivity index (χ2v) is 7.66. The zero-order valence-electron chi connectivity index (χ0n) is 13.0. The third-order valence-corrected chi connectivity index (χ3v) is 5.49. The van der Waals surface area contributed by atoms with Crippen LogP contribution in [0.5, 0.6) is 0 Å². The molecule has 0 aliphatic carbocycles. The summed E-state index contributed by atoms with van der Waals surface area (Å²) in [6, 6.07) is 0.0956. The molecule has 1 fully saturated rings. The van der Waals surface area contributed by atoms with Gasteiger partial charge in [0.15, 0.2) is 5.03 Å². The van der Waals surface area contributed by atoms with E-state index in [-0.39, 0.29) is 23.2 Å². The van der Waals surface area contributed by atoms with Crippen LogP contribution in [0.15, 0.2) is 11.2 Å². The van der Waals surface area contributed by atoms with E-state index < -0.39 is 10.0 Å². The molecule has 0 saturated carbocycles. The van der Waals surface area contributed by atoms with Crippen molar-refractivity contribution in [2.45, 2.75) is 57.5 Å². The lowest BCUT2D eigenvalue weighted by Gasteiger charge is -2.35. The highest BCUT2D eigenvalue weighted by Crippen LogP contribution is 2.23. The van der Waals surface area contributed by atoms with E-state index in [4.69, 9.17) is 4.74 Å². The van der Waals surface area contributed by atoms with Gasteiger partial charge in [0.25, 0.3) is 10.0 Å². The fourth-order valence-electron chi connectivity index (χ4n) is 2.29. The van der Waals surface area contributed by atoms with E-state index in [0.29, 0.717) is 25.3 Å². The van der Waals surface area contributed by atoms with Crippen molar-refractivity contribution in [2.75, 3.05) is 13.2 Å². The first-order valence-corrected chi connectivity index (χ1v) is 8.65. The topological polar surface area (TPSA) is 87.3 Å². The minimum absolute atomic E-state index is 0.101. The number of H-pyrrole nitrogens is 1. The van der Waals surface area contributed by atoms with Gasteiger partial charge in [0.05, 0.1) is 18.9 Å². The number of sulfonamides is 1. The number of aromatic nitrogens is 2. The molecule has 2 rings (SSSR count). The first-order valence-electron chi connectivity index (χ1n) is 7.21. The minimum Gasteiger partial charge on any atom is -0.375 e. The average molecular weight is 316 g/mol. The molecule has 0 amide bonds. The lowest BCUT2D eigenvalue weighted by atomic mass is 10.2. The van der Waals surface area contributed by atoms with E-state index >= 15 is 0 Å². The van der Waals surface area contributed by atoms with Crippen molar-refractivity contribution in [3.05, 3.63) is 11.8 Å². The Morgan fingerprint density at radius 3 is 2.90 bits per heavy atom.